The lowest BCUT2D eigenvalue weighted by Crippen LogP contribution is -2.44. The molecule has 2 saturated heterocycles. The quantitative estimate of drug-likeness (QED) is 0.836. The highest BCUT2D eigenvalue weighted by Crippen LogP contribution is 2.28. The topological polar surface area (TPSA) is 103 Å². The van der Waals surface area contributed by atoms with Crippen LogP contribution in [0.15, 0.2) is 35.1 Å². The third-order valence-electron chi connectivity index (χ3n) is 4.48. The number of hydrogen-bond donors (Lipinski definition) is 2. The zero-order valence-electron chi connectivity index (χ0n) is 13.5. The number of aliphatic hydroxyl groups excluding tert-OH is 1. The molecule has 0 aliphatic carbocycles. The molecule has 0 spiro atoms. The summed E-state index contributed by atoms with van der Waals surface area (Å²) in [6.45, 7) is 0.497. The summed E-state index contributed by atoms with van der Waals surface area (Å²) in [5, 5.41) is 12.6. The second kappa shape index (κ2) is 6.47. The molecule has 4 rings (SSSR count). The first-order chi connectivity index (χ1) is 12.2. The molecule has 1 aromatic carbocycles. The molecule has 2 fully saturated rings. The fourth-order valence-electron chi connectivity index (χ4n) is 3.19. The minimum absolute atomic E-state index is 0.187. The summed E-state index contributed by atoms with van der Waals surface area (Å²) in [6.07, 6.45) is -0.175. The van der Waals surface area contributed by atoms with Gasteiger partial charge in [-0.25, -0.2) is 4.98 Å². The second-order valence-electron chi connectivity index (χ2n) is 6.00. The fraction of sp³-hybridized carbons (Fsp3) is 0.412. The van der Waals surface area contributed by atoms with Gasteiger partial charge in [0.15, 0.2) is 17.8 Å². The summed E-state index contributed by atoms with van der Waals surface area (Å²) in [7, 11) is 1.58. The van der Waals surface area contributed by atoms with Gasteiger partial charge in [0.25, 0.3) is 5.91 Å². The number of aliphatic hydroxyl groups is 1. The zero-order chi connectivity index (χ0) is 17.4. The Hall–Kier alpha value is -2.42. The largest absolute Gasteiger partial charge is 0.497 e. The lowest BCUT2D eigenvalue weighted by molar-refractivity contribution is 0.0178. The first kappa shape index (κ1) is 16.1. The molecule has 0 saturated carbocycles. The van der Waals surface area contributed by atoms with Crippen LogP contribution in [0.25, 0.3) is 11.3 Å². The van der Waals surface area contributed by atoms with Crippen LogP contribution in [0.3, 0.4) is 0 Å². The Morgan fingerprint density at radius 3 is 2.76 bits per heavy atom. The van der Waals surface area contributed by atoms with Gasteiger partial charge in [0, 0.05) is 5.56 Å². The summed E-state index contributed by atoms with van der Waals surface area (Å²) >= 11 is 0. The van der Waals surface area contributed by atoms with Crippen LogP contribution in [0.4, 0.5) is 0 Å². The Kier molecular flexibility index (Phi) is 4.16. The maximum Gasteiger partial charge on any atom is 0.274 e. The fourth-order valence-corrected chi connectivity index (χ4v) is 3.19. The van der Waals surface area contributed by atoms with E-state index in [-0.39, 0.29) is 37.0 Å². The van der Waals surface area contributed by atoms with Crippen LogP contribution in [0, 0.1) is 0 Å². The smallest absolute Gasteiger partial charge is 0.274 e. The molecule has 1 amide bonds. The maximum atomic E-state index is 12.6. The van der Waals surface area contributed by atoms with Gasteiger partial charge >= 0.3 is 0 Å². The maximum absolute atomic E-state index is 12.6. The van der Waals surface area contributed by atoms with E-state index >= 15 is 0 Å². The van der Waals surface area contributed by atoms with Crippen molar-refractivity contribution in [3.63, 3.8) is 0 Å². The van der Waals surface area contributed by atoms with Crippen molar-refractivity contribution in [2.75, 3.05) is 20.3 Å². The number of ether oxygens (including phenoxy) is 3. The molecule has 2 aliphatic rings. The number of rotatable bonds is 4. The van der Waals surface area contributed by atoms with Crippen molar-refractivity contribution in [1.29, 1.82) is 0 Å². The van der Waals surface area contributed by atoms with Gasteiger partial charge in [-0.3, -0.25) is 4.79 Å². The second-order valence-corrected chi connectivity index (χ2v) is 6.00. The van der Waals surface area contributed by atoms with E-state index in [9.17, 15) is 9.90 Å². The number of methoxy groups -OCH3 is 1. The highest BCUT2D eigenvalue weighted by atomic mass is 16.6. The molecule has 0 radical (unpaired) electrons. The van der Waals surface area contributed by atoms with Gasteiger partial charge in [0.2, 0.25) is 0 Å². The van der Waals surface area contributed by atoms with Gasteiger partial charge in [-0.2, -0.15) is 0 Å². The third kappa shape index (κ3) is 2.88. The van der Waals surface area contributed by atoms with Gasteiger partial charge in [-0.1, -0.05) is 0 Å². The monoisotopic (exact) mass is 346 g/mol. The van der Waals surface area contributed by atoms with Crippen molar-refractivity contribution in [3.8, 4) is 17.1 Å². The van der Waals surface area contributed by atoms with E-state index in [0.29, 0.717) is 11.5 Å². The van der Waals surface area contributed by atoms with E-state index in [1.54, 1.807) is 31.4 Å². The Morgan fingerprint density at radius 2 is 2.00 bits per heavy atom. The molecule has 0 unspecified atom stereocenters. The molecular formula is C17H18N2O6. The molecule has 8 heteroatoms. The van der Waals surface area contributed by atoms with E-state index in [1.807, 2.05) is 0 Å². The lowest BCUT2D eigenvalue weighted by Gasteiger charge is -2.16. The Balaban J connectivity index is 1.51. The predicted octanol–water partition coefficient (Wildman–Crippen LogP) is 0.607. The highest BCUT2D eigenvalue weighted by molar-refractivity contribution is 5.97. The molecule has 1 aromatic heterocycles. The van der Waals surface area contributed by atoms with Gasteiger partial charge in [0.1, 0.15) is 24.1 Å². The minimum atomic E-state index is -0.659. The van der Waals surface area contributed by atoms with Gasteiger partial charge in [-0.05, 0) is 24.3 Å². The van der Waals surface area contributed by atoms with Crippen molar-refractivity contribution in [2.45, 2.75) is 24.4 Å². The number of nitrogens with one attached hydrogen (secondary N) is 1. The number of oxazole rings is 1. The zero-order valence-corrected chi connectivity index (χ0v) is 13.5. The van der Waals surface area contributed by atoms with Crippen LogP contribution in [0.1, 0.15) is 10.5 Å². The Morgan fingerprint density at radius 1 is 1.24 bits per heavy atom. The van der Waals surface area contributed by atoms with Crippen LogP contribution in [-0.2, 0) is 9.47 Å². The van der Waals surface area contributed by atoms with E-state index < -0.39 is 12.2 Å². The first-order valence-electron chi connectivity index (χ1n) is 7.97. The van der Waals surface area contributed by atoms with Crippen molar-refractivity contribution in [1.82, 2.24) is 10.3 Å². The van der Waals surface area contributed by atoms with Crippen molar-refractivity contribution < 1.29 is 28.5 Å². The summed E-state index contributed by atoms with van der Waals surface area (Å²) in [5.74, 6) is 0.710. The molecule has 2 N–H and O–H groups in total. The number of aromatic nitrogens is 1. The SMILES string of the molecule is COc1ccc(-c2ocnc2C(=O)N[C@@H]2CO[C@H]3[C@@H]2OC[C@H]3O)cc1. The van der Waals surface area contributed by atoms with Crippen LogP contribution in [-0.4, -0.2) is 60.7 Å². The number of carbonyl (C=O) groups excluding carboxylic acids is 1. The van der Waals surface area contributed by atoms with Crippen LogP contribution in [0.5, 0.6) is 5.75 Å². The number of hydrogen-bond acceptors (Lipinski definition) is 7. The summed E-state index contributed by atoms with van der Waals surface area (Å²) < 4.78 is 21.6. The number of carbonyl (C=O) groups is 1. The Bertz CT molecular complexity index is 759. The van der Waals surface area contributed by atoms with Crippen molar-refractivity contribution in [3.05, 3.63) is 36.4 Å². The van der Waals surface area contributed by atoms with Gasteiger partial charge < -0.3 is 29.1 Å². The van der Waals surface area contributed by atoms with Gasteiger partial charge in [0.05, 0.1) is 26.4 Å². The molecule has 2 aliphatic heterocycles. The molecule has 8 nitrogen and oxygen atoms in total. The number of nitrogens with zero attached hydrogens (tertiary/aromatic N) is 1. The lowest BCUT2D eigenvalue weighted by atomic mass is 10.1. The predicted molar refractivity (Wildman–Crippen MR) is 85.2 cm³/mol. The van der Waals surface area contributed by atoms with Crippen LogP contribution in [0.2, 0.25) is 0 Å². The average molecular weight is 346 g/mol. The minimum Gasteiger partial charge on any atom is -0.497 e. The van der Waals surface area contributed by atoms with Crippen LogP contribution >= 0.6 is 0 Å². The van der Waals surface area contributed by atoms with E-state index in [0.717, 1.165) is 5.56 Å². The molecule has 2 aromatic rings. The molecule has 0 bridgehead atoms. The molecule has 132 valence electrons. The average Bonchev–Trinajstić information content (AvgIpc) is 3.34. The van der Waals surface area contributed by atoms with Gasteiger partial charge in [-0.15, -0.1) is 0 Å². The standard InChI is InChI=1S/C17H18N2O6/c1-22-10-4-2-9(3-5-10)14-13(18-8-25-14)17(21)19-11-6-23-16-12(20)7-24-15(11)16/h2-5,8,11-12,15-16,20H,6-7H2,1H3,(H,19,21)/t11-,12-,15-,16-/m1/s1. The number of benzene rings is 1. The molecule has 4 atom stereocenters. The van der Waals surface area contributed by atoms with E-state index in [2.05, 4.69) is 10.3 Å². The number of amides is 1. The first-order valence-corrected chi connectivity index (χ1v) is 7.97. The molecule has 3 heterocycles. The summed E-state index contributed by atoms with van der Waals surface area (Å²) in [6, 6.07) is 6.81. The summed E-state index contributed by atoms with van der Waals surface area (Å²) in [4.78, 5) is 16.7. The highest BCUT2D eigenvalue weighted by Gasteiger charge is 2.47. The molecular weight excluding hydrogens is 328 g/mol. The Labute approximate surface area is 143 Å². The summed E-state index contributed by atoms with van der Waals surface area (Å²) in [5.41, 5.74) is 0.906. The van der Waals surface area contributed by atoms with E-state index in [4.69, 9.17) is 18.6 Å². The van der Waals surface area contributed by atoms with E-state index in [1.165, 1.54) is 6.39 Å². The van der Waals surface area contributed by atoms with Crippen molar-refractivity contribution in [2.24, 2.45) is 0 Å². The van der Waals surface area contributed by atoms with Crippen molar-refractivity contribution >= 4 is 5.91 Å². The molecule has 25 heavy (non-hydrogen) atoms. The normalized spacial score (nSPS) is 27.9. The number of fused-ring (bicyclic) bond motifs is 1. The third-order valence-corrected chi connectivity index (χ3v) is 4.48. The van der Waals surface area contributed by atoms with Crippen LogP contribution < -0.4 is 10.1 Å².